The van der Waals surface area contributed by atoms with Crippen LogP contribution in [0.2, 0.25) is 0 Å². The van der Waals surface area contributed by atoms with E-state index in [9.17, 15) is 0 Å². The molecule has 1 aliphatic heterocycles. The van der Waals surface area contributed by atoms with Crippen LogP contribution in [0.5, 0.6) is 0 Å². The maximum absolute atomic E-state index is 5.05. The highest BCUT2D eigenvalue weighted by molar-refractivity contribution is 7.71. The third-order valence-electron chi connectivity index (χ3n) is 2.25. The molecule has 0 saturated carbocycles. The number of nitrogens with one attached hydrogen (secondary N) is 1. The Kier molecular flexibility index (Phi) is 2.25. The Labute approximate surface area is 87.5 Å². The summed E-state index contributed by atoms with van der Waals surface area (Å²) in [6, 6.07) is 0. The number of hydrogen-bond donors (Lipinski definition) is 1. The number of allylic oxidation sites excluding steroid dienone is 2. The standard InChI is InChI=1S/C9H12N4S/c1-12-5-3-7(4-6-12)8-10-11-9(14)13(8)2/h3-5H,6H2,1-2H3,(H,11,14). The number of hydrogen-bond acceptors (Lipinski definition) is 3. The van der Waals surface area contributed by atoms with Gasteiger partial charge in [-0.3, -0.25) is 5.10 Å². The summed E-state index contributed by atoms with van der Waals surface area (Å²) in [4.78, 5) is 2.10. The highest BCUT2D eigenvalue weighted by Gasteiger charge is 2.08. The molecule has 2 rings (SSSR count). The van der Waals surface area contributed by atoms with Gasteiger partial charge in [0.2, 0.25) is 0 Å². The minimum Gasteiger partial charge on any atom is -0.377 e. The normalized spacial score (nSPS) is 15.9. The van der Waals surface area contributed by atoms with Gasteiger partial charge in [-0.25, -0.2) is 0 Å². The predicted octanol–water partition coefficient (Wildman–Crippen LogP) is 1.32. The molecule has 14 heavy (non-hydrogen) atoms. The molecule has 0 fully saturated rings. The molecular formula is C9H12N4S. The van der Waals surface area contributed by atoms with Gasteiger partial charge in [-0.2, -0.15) is 5.10 Å². The summed E-state index contributed by atoms with van der Waals surface area (Å²) in [5, 5.41) is 6.94. The summed E-state index contributed by atoms with van der Waals surface area (Å²) in [5.74, 6) is 0.888. The third kappa shape index (κ3) is 1.50. The molecule has 0 saturated heterocycles. The molecular weight excluding hydrogens is 196 g/mol. The van der Waals surface area contributed by atoms with Gasteiger partial charge < -0.3 is 9.47 Å². The van der Waals surface area contributed by atoms with E-state index in [4.69, 9.17) is 12.2 Å². The summed E-state index contributed by atoms with van der Waals surface area (Å²) >= 11 is 5.05. The van der Waals surface area contributed by atoms with E-state index in [-0.39, 0.29) is 0 Å². The Morgan fingerprint density at radius 1 is 1.50 bits per heavy atom. The van der Waals surface area contributed by atoms with E-state index in [0.717, 1.165) is 17.9 Å². The van der Waals surface area contributed by atoms with Crippen molar-refractivity contribution in [3.63, 3.8) is 0 Å². The largest absolute Gasteiger partial charge is 0.377 e. The van der Waals surface area contributed by atoms with Crippen LogP contribution in [0.15, 0.2) is 18.4 Å². The average Bonchev–Trinajstić information content (AvgIpc) is 2.50. The second-order valence-electron chi connectivity index (χ2n) is 3.33. The molecule has 0 unspecified atom stereocenters. The molecule has 0 spiro atoms. The van der Waals surface area contributed by atoms with Gasteiger partial charge in [0.25, 0.3) is 0 Å². The minimum atomic E-state index is 0.647. The number of aromatic nitrogens is 3. The van der Waals surface area contributed by atoms with Crippen LogP contribution in [-0.4, -0.2) is 33.3 Å². The van der Waals surface area contributed by atoms with Gasteiger partial charge in [0.1, 0.15) is 0 Å². The first-order valence-electron chi connectivity index (χ1n) is 4.39. The van der Waals surface area contributed by atoms with E-state index >= 15 is 0 Å². The predicted molar refractivity (Wildman–Crippen MR) is 58.1 cm³/mol. The lowest BCUT2D eigenvalue weighted by Crippen LogP contribution is -2.14. The van der Waals surface area contributed by atoms with Gasteiger partial charge in [0.05, 0.1) is 0 Å². The molecule has 1 aromatic rings. The number of rotatable bonds is 1. The van der Waals surface area contributed by atoms with E-state index < -0.39 is 0 Å². The van der Waals surface area contributed by atoms with Crippen LogP contribution in [0.25, 0.3) is 5.57 Å². The maximum Gasteiger partial charge on any atom is 0.195 e. The summed E-state index contributed by atoms with van der Waals surface area (Å²) in [5.41, 5.74) is 1.11. The van der Waals surface area contributed by atoms with Crippen molar-refractivity contribution in [2.75, 3.05) is 13.6 Å². The van der Waals surface area contributed by atoms with Crippen molar-refractivity contribution in [2.45, 2.75) is 0 Å². The molecule has 0 atom stereocenters. The Morgan fingerprint density at radius 2 is 2.29 bits per heavy atom. The average molecular weight is 208 g/mol. The topological polar surface area (TPSA) is 36.9 Å². The number of H-pyrrole nitrogens is 1. The Hall–Kier alpha value is -1.36. The van der Waals surface area contributed by atoms with Crippen molar-refractivity contribution in [3.05, 3.63) is 28.9 Å². The fourth-order valence-corrected chi connectivity index (χ4v) is 1.48. The second kappa shape index (κ2) is 3.42. The zero-order valence-corrected chi connectivity index (χ0v) is 9.01. The summed E-state index contributed by atoms with van der Waals surface area (Å²) in [6.07, 6.45) is 6.20. The fraction of sp³-hybridized carbons (Fsp3) is 0.333. The first-order valence-corrected chi connectivity index (χ1v) is 4.79. The van der Waals surface area contributed by atoms with Crippen molar-refractivity contribution in [1.82, 2.24) is 19.7 Å². The van der Waals surface area contributed by atoms with Crippen molar-refractivity contribution < 1.29 is 0 Å². The fourth-order valence-electron chi connectivity index (χ4n) is 1.35. The molecule has 2 heterocycles. The number of aromatic amines is 1. The second-order valence-corrected chi connectivity index (χ2v) is 3.71. The van der Waals surface area contributed by atoms with Crippen molar-refractivity contribution in [1.29, 1.82) is 0 Å². The number of likely N-dealkylation sites (N-methyl/N-ethyl adjacent to an activating group) is 1. The van der Waals surface area contributed by atoms with Crippen LogP contribution in [0, 0.1) is 4.77 Å². The minimum absolute atomic E-state index is 0.647. The quantitative estimate of drug-likeness (QED) is 0.707. The molecule has 1 aliphatic rings. The SMILES string of the molecule is CN1C=CC(c2n[nH]c(=S)n2C)=CC1. The van der Waals surface area contributed by atoms with Crippen molar-refractivity contribution >= 4 is 17.8 Å². The lowest BCUT2D eigenvalue weighted by atomic mass is 10.2. The summed E-state index contributed by atoms with van der Waals surface area (Å²) in [7, 11) is 3.95. The monoisotopic (exact) mass is 208 g/mol. The molecule has 5 heteroatoms. The van der Waals surface area contributed by atoms with Crippen molar-refractivity contribution in [2.24, 2.45) is 7.05 Å². The lowest BCUT2D eigenvalue weighted by molar-refractivity contribution is 0.506. The van der Waals surface area contributed by atoms with Crippen LogP contribution in [0.4, 0.5) is 0 Å². The van der Waals surface area contributed by atoms with Gasteiger partial charge in [-0.1, -0.05) is 6.08 Å². The van der Waals surface area contributed by atoms with Crippen LogP contribution >= 0.6 is 12.2 Å². The number of nitrogens with zero attached hydrogens (tertiary/aromatic N) is 3. The zero-order valence-electron chi connectivity index (χ0n) is 8.19. The van der Waals surface area contributed by atoms with Gasteiger partial charge in [-0.15, -0.1) is 0 Å². The molecule has 0 bridgehead atoms. The third-order valence-corrected chi connectivity index (χ3v) is 2.61. The molecule has 0 aromatic carbocycles. The van der Waals surface area contributed by atoms with E-state index in [1.807, 2.05) is 30.9 Å². The van der Waals surface area contributed by atoms with Gasteiger partial charge in [0.15, 0.2) is 10.6 Å². The highest BCUT2D eigenvalue weighted by atomic mass is 32.1. The van der Waals surface area contributed by atoms with E-state index in [1.165, 1.54) is 0 Å². The zero-order chi connectivity index (χ0) is 10.1. The highest BCUT2D eigenvalue weighted by Crippen LogP contribution is 2.16. The maximum atomic E-state index is 5.05. The Morgan fingerprint density at radius 3 is 2.79 bits per heavy atom. The van der Waals surface area contributed by atoms with E-state index in [1.54, 1.807) is 0 Å². The first kappa shape index (κ1) is 9.21. The molecule has 74 valence electrons. The molecule has 1 N–H and O–H groups in total. The Balaban J connectivity index is 2.38. The first-order chi connectivity index (χ1) is 6.68. The van der Waals surface area contributed by atoms with Crippen LogP contribution < -0.4 is 0 Å². The lowest BCUT2D eigenvalue weighted by Gasteiger charge is -2.16. The smallest absolute Gasteiger partial charge is 0.195 e. The molecule has 0 aliphatic carbocycles. The van der Waals surface area contributed by atoms with E-state index in [0.29, 0.717) is 4.77 Å². The van der Waals surface area contributed by atoms with Gasteiger partial charge >= 0.3 is 0 Å². The Bertz CT molecular complexity index is 452. The molecule has 0 radical (unpaired) electrons. The van der Waals surface area contributed by atoms with Gasteiger partial charge in [0, 0.05) is 26.2 Å². The summed E-state index contributed by atoms with van der Waals surface area (Å²) in [6.45, 7) is 0.908. The van der Waals surface area contributed by atoms with Crippen LogP contribution in [0.1, 0.15) is 5.82 Å². The molecule has 1 aromatic heterocycles. The van der Waals surface area contributed by atoms with Gasteiger partial charge in [-0.05, 0) is 24.5 Å². The summed E-state index contributed by atoms with van der Waals surface area (Å²) < 4.78 is 2.52. The molecule has 4 nitrogen and oxygen atoms in total. The van der Waals surface area contributed by atoms with Crippen LogP contribution in [0.3, 0.4) is 0 Å². The van der Waals surface area contributed by atoms with E-state index in [2.05, 4.69) is 21.2 Å². The van der Waals surface area contributed by atoms with Crippen molar-refractivity contribution in [3.8, 4) is 0 Å². The molecule has 0 amide bonds. The van der Waals surface area contributed by atoms with Crippen LogP contribution in [-0.2, 0) is 7.05 Å².